The van der Waals surface area contributed by atoms with E-state index in [1.165, 1.54) is 6.08 Å². The summed E-state index contributed by atoms with van der Waals surface area (Å²) in [5, 5.41) is 2.43. The van der Waals surface area contributed by atoms with E-state index in [-0.39, 0.29) is 12.2 Å². The first-order valence-corrected chi connectivity index (χ1v) is 4.96. The van der Waals surface area contributed by atoms with Crippen molar-refractivity contribution in [1.29, 1.82) is 0 Å². The van der Waals surface area contributed by atoms with Crippen LogP contribution in [0.4, 0.5) is 0 Å². The molecule has 0 aromatic rings. The van der Waals surface area contributed by atoms with Crippen LogP contribution in [0.15, 0.2) is 11.6 Å². The third-order valence-corrected chi connectivity index (χ3v) is 1.57. The van der Waals surface area contributed by atoms with E-state index in [2.05, 4.69) is 5.32 Å². The average Bonchev–Trinajstić information content (AvgIpc) is 2.12. The highest BCUT2D eigenvalue weighted by Crippen LogP contribution is 1.94. The van der Waals surface area contributed by atoms with Crippen molar-refractivity contribution < 1.29 is 14.4 Å². The fraction of sp³-hybridized carbons (Fsp3) is 0.545. The standard InChI is InChI=1S/C11H17NO3/c1-4-5-12-11(15)10(14)7-9(13)6-8(2)3/h6H,4-5,7H2,1-3H3,(H,12,15). The second-order valence-electron chi connectivity index (χ2n) is 3.54. The molecule has 0 saturated heterocycles. The van der Waals surface area contributed by atoms with Crippen LogP contribution in [-0.4, -0.2) is 24.0 Å². The maximum atomic E-state index is 11.2. The Hall–Kier alpha value is -1.45. The smallest absolute Gasteiger partial charge is 0.287 e. The van der Waals surface area contributed by atoms with Gasteiger partial charge in [0.25, 0.3) is 5.91 Å². The van der Waals surface area contributed by atoms with Crippen molar-refractivity contribution in [3.8, 4) is 0 Å². The van der Waals surface area contributed by atoms with Crippen LogP contribution in [0.2, 0.25) is 0 Å². The van der Waals surface area contributed by atoms with Crippen LogP contribution in [-0.2, 0) is 14.4 Å². The van der Waals surface area contributed by atoms with Crippen LogP contribution >= 0.6 is 0 Å². The largest absolute Gasteiger partial charge is 0.350 e. The Bertz CT molecular complexity index is 288. The summed E-state index contributed by atoms with van der Waals surface area (Å²) in [5.41, 5.74) is 0.821. The summed E-state index contributed by atoms with van der Waals surface area (Å²) in [6.45, 7) is 5.87. The predicted molar refractivity (Wildman–Crippen MR) is 57.4 cm³/mol. The number of allylic oxidation sites excluding steroid dienone is 2. The minimum atomic E-state index is -0.675. The number of nitrogens with one attached hydrogen (secondary N) is 1. The Labute approximate surface area is 89.7 Å². The van der Waals surface area contributed by atoms with Crippen LogP contribution < -0.4 is 5.32 Å². The van der Waals surface area contributed by atoms with Gasteiger partial charge in [0.15, 0.2) is 5.78 Å². The summed E-state index contributed by atoms with van der Waals surface area (Å²) in [5.74, 6) is -1.68. The Morgan fingerprint density at radius 2 is 1.80 bits per heavy atom. The topological polar surface area (TPSA) is 63.2 Å². The molecule has 4 heteroatoms. The Kier molecular flexibility index (Phi) is 6.25. The molecule has 0 aliphatic heterocycles. The minimum absolute atomic E-state index is 0.327. The number of rotatable bonds is 6. The van der Waals surface area contributed by atoms with E-state index < -0.39 is 11.7 Å². The minimum Gasteiger partial charge on any atom is -0.350 e. The van der Waals surface area contributed by atoms with Crippen LogP contribution in [0, 0.1) is 0 Å². The van der Waals surface area contributed by atoms with Crippen molar-refractivity contribution in [3.63, 3.8) is 0 Å². The van der Waals surface area contributed by atoms with Gasteiger partial charge < -0.3 is 5.32 Å². The molecule has 0 spiro atoms. The lowest BCUT2D eigenvalue weighted by molar-refractivity contribution is -0.139. The van der Waals surface area contributed by atoms with Crippen LogP contribution in [0.5, 0.6) is 0 Å². The normalized spacial score (nSPS) is 9.27. The number of ketones is 2. The second kappa shape index (κ2) is 6.92. The number of hydrogen-bond donors (Lipinski definition) is 1. The number of carbonyl (C=O) groups is 3. The molecule has 15 heavy (non-hydrogen) atoms. The molecule has 0 radical (unpaired) electrons. The highest BCUT2D eigenvalue weighted by atomic mass is 16.2. The summed E-state index contributed by atoms with van der Waals surface area (Å²) >= 11 is 0. The highest BCUT2D eigenvalue weighted by Gasteiger charge is 2.15. The van der Waals surface area contributed by atoms with Crippen molar-refractivity contribution in [2.24, 2.45) is 0 Å². The van der Waals surface area contributed by atoms with Gasteiger partial charge in [0.1, 0.15) is 0 Å². The zero-order chi connectivity index (χ0) is 11.8. The summed E-state index contributed by atoms with van der Waals surface area (Å²) in [7, 11) is 0. The van der Waals surface area contributed by atoms with Crippen LogP contribution in [0.1, 0.15) is 33.6 Å². The maximum Gasteiger partial charge on any atom is 0.287 e. The summed E-state index contributed by atoms with van der Waals surface area (Å²) in [6, 6.07) is 0. The van der Waals surface area contributed by atoms with Crippen molar-refractivity contribution in [1.82, 2.24) is 5.32 Å². The predicted octanol–water partition coefficient (Wildman–Crippen LogP) is 1.01. The van der Waals surface area contributed by atoms with Crippen molar-refractivity contribution in [2.45, 2.75) is 33.6 Å². The number of Topliss-reactive ketones (excluding diaryl/α,β-unsaturated/α-hetero) is 1. The van der Waals surface area contributed by atoms with Gasteiger partial charge in [0.2, 0.25) is 5.78 Å². The molecule has 1 amide bonds. The SMILES string of the molecule is CCCNC(=O)C(=O)CC(=O)C=C(C)C. The zero-order valence-electron chi connectivity index (χ0n) is 9.42. The van der Waals surface area contributed by atoms with Crippen molar-refractivity contribution >= 4 is 17.5 Å². The van der Waals surface area contributed by atoms with Crippen LogP contribution in [0.25, 0.3) is 0 Å². The number of carbonyl (C=O) groups excluding carboxylic acids is 3. The van der Waals surface area contributed by atoms with E-state index >= 15 is 0 Å². The average molecular weight is 211 g/mol. The molecule has 1 N–H and O–H groups in total. The quantitative estimate of drug-likeness (QED) is 0.405. The molecule has 4 nitrogen and oxygen atoms in total. The Morgan fingerprint density at radius 3 is 2.27 bits per heavy atom. The van der Waals surface area contributed by atoms with Gasteiger partial charge in [-0.3, -0.25) is 14.4 Å². The lowest BCUT2D eigenvalue weighted by Gasteiger charge is -2.00. The van der Waals surface area contributed by atoms with E-state index in [0.29, 0.717) is 6.54 Å². The molecule has 0 aromatic heterocycles. The third kappa shape index (κ3) is 6.60. The second-order valence-corrected chi connectivity index (χ2v) is 3.54. The molecule has 0 aliphatic carbocycles. The molecule has 0 aliphatic rings. The summed E-state index contributed by atoms with van der Waals surface area (Å²) in [4.78, 5) is 33.4. The molecule has 0 saturated carbocycles. The molecule has 0 fully saturated rings. The maximum absolute atomic E-state index is 11.2. The lowest BCUT2D eigenvalue weighted by Crippen LogP contribution is -2.32. The molecular weight excluding hydrogens is 194 g/mol. The zero-order valence-corrected chi connectivity index (χ0v) is 9.42. The first-order valence-electron chi connectivity index (χ1n) is 4.96. The molecule has 0 rings (SSSR count). The van der Waals surface area contributed by atoms with E-state index in [1.54, 1.807) is 13.8 Å². The van der Waals surface area contributed by atoms with E-state index in [4.69, 9.17) is 0 Å². The van der Waals surface area contributed by atoms with Crippen molar-refractivity contribution in [2.75, 3.05) is 6.54 Å². The van der Waals surface area contributed by atoms with Gasteiger partial charge in [0, 0.05) is 6.54 Å². The van der Waals surface area contributed by atoms with Crippen molar-refractivity contribution in [3.05, 3.63) is 11.6 Å². The first-order chi connectivity index (χ1) is 6.97. The van der Waals surface area contributed by atoms with Gasteiger partial charge in [-0.1, -0.05) is 12.5 Å². The summed E-state index contributed by atoms with van der Waals surface area (Å²) < 4.78 is 0. The van der Waals surface area contributed by atoms with Crippen LogP contribution in [0.3, 0.4) is 0 Å². The first kappa shape index (κ1) is 13.5. The van der Waals surface area contributed by atoms with Gasteiger partial charge in [-0.2, -0.15) is 0 Å². The third-order valence-electron chi connectivity index (χ3n) is 1.57. The fourth-order valence-electron chi connectivity index (χ4n) is 0.949. The number of hydrogen-bond acceptors (Lipinski definition) is 3. The lowest BCUT2D eigenvalue weighted by atomic mass is 10.1. The molecular formula is C11H17NO3. The van der Waals surface area contributed by atoms with E-state index in [0.717, 1.165) is 12.0 Å². The van der Waals surface area contributed by atoms with E-state index in [9.17, 15) is 14.4 Å². The molecule has 0 aromatic carbocycles. The van der Waals surface area contributed by atoms with Gasteiger partial charge >= 0.3 is 0 Å². The van der Waals surface area contributed by atoms with Gasteiger partial charge in [-0.05, 0) is 26.3 Å². The molecule has 0 heterocycles. The van der Waals surface area contributed by atoms with E-state index in [1.807, 2.05) is 6.92 Å². The van der Waals surface area contributed by atoms with Gasteiger partial charge in [0.05, 0.1) is 6.42 Å². The van der Waals surface area contributed by atoms with Gasteiger partial charge in [-0.15, -0.1) is 0 Å². The molecule has 0 bridgehead atoms. The Balaban J connectivity index is 4.08. The number of amides is 1. The molecule has 0 atom stereocenters. The highest BCUT2D eigenvalue weighted by molar-refractivity contribution is 6.39. The monoisotopic (exact) mass is 211 g/mol. The fourth-order valence-corrected chi connectivity index (χ4v) is 0.949. The molecule has 0 unspecified atom stereocenters. The summed E-state index contributed by atoms with van der Waals surface area (Å²) in [6.07, 6.45) is 1.78. The Morgan fingerprint density at radius 1 is 1.20 bits per heavy atom. The van der Waals surface area contributed by atoms with Gasteiger partial charge in [-0.25, -0.2) is 0 Å². The molecule has 84 valence electrons.